The van der Waals surface area contributed by atoms with E-state index >= 15 is 0 Å². The summed E-state index contributed by atoms with van der Waals surface area (Å²) in [7, 11) is 0. The third-order valence-electron chi connectivity index (χ3n) is 6.17. The largest absolute Gasteiger partial charge is 0.487 e. The summed E-state index contributed by atoms with van der Waals surface area (Å²) < 4.78 is 11.6. The van der Waals surface area contributed by atoms with E-state index in [4.69, 9.17) is 20.8 Å². The van der Waals surface area contributed by atoms with E-state index < -0.39 is 23.5 Å². The number of ether oxygens (including phenoxy) is 1. The Kier molecular flexibility index (Phi) is 6.41. The second kappa shape index (κ2) is 9.14. The van der Waals surface area contributed by atoms with Gasteiger partial charge in [-0.05, 0) is 68.5 Å². The highest BCUT2D eigenvalue weighted by Crippen LogP contribution is 2.36. The third kappa shape index (κ3) is 5.09. The Labute approximate surface area is 201 Å². The molecule has 1 amide bonds. The normalized spacial score (nSPS) is 15.3. The number of hydrogen-bond donors (Lipinski definition) is 2. The molecular formula is C26H26ClNO6. The number of halogens is 1. The van der Waals surface area contributed by atoms with Crippen LogP contribution >= 0.6 is 11.6 Å². The van der Waals surface area contributed by atoms with Gasteiger partial charge in [-0.2, -0.15) is 0 Å². The van der Waals surface area contributed by atoms with Gasteiger partial charge in [-0.1, -0.05) is 23.7 Å². The zero-order valence-corrected chi connectivity index (χ0v) is 20.0. The SMILES string of the molecule is Cc1c(CC(=O)NC(Cc2ccc(Cl)cc2)C(=O)O)c(=O)oc2cc3c(cc12)CCC(C)(C)O3. The van der Waals surface area contributed by atoms with Crippen molar-refractivity contribution in [1.82, 2.24) is 5.32 Å². The minimum Gasteiger partial charge on any atom is -0.487 e. The fraction of sp³-hybridized carbons (Fsp3) is 0.346. The first-order valence-electron chi connectivity index (χ1n) is 11.1. The van der Waals surface area contributed by atoms with Crippen molar-refractivity contribution in [3.05, 3.63) is 74.1 Å². The lowest BCUT2D eigenvalue weighted by Crippen LogP contribution is -2.43. The highest BCUT2D eigenvalue weighted by atomic mass is 35.5. The molecular weight excluding hydrogens is 458 g/mol. The lowest BCUT2D eigenvalue weighted by atomic mass is 9.92. The highest BCUT2D eigenvalue weighted by molar-refractivity contribution is 6.30. The van der Waals surface area contributed by atoms with Crippen LogP contribution in [0.25, 0.3) is 11.0 Å². The first-order valence-corrected chi connectivity index (χ1v) is 11.4. The van der Waals surface area contributed by atoms with E-state index in [1.165, 1.54) is 0 Å². The van der Waals surface area contributed by atoms with Crippen LogP contribution in [0.15, 0.2) is 45.6 Å². The van der Waals surface area contributed by atoms with Crippen LogP contribution in [0.2, 0.25) is 5.02 Å². The predicted molar refractivity (Wildman–Crippen MR) is 129 cm³/mol. The summed E-state index contributed by atoms with van der Waals surface area (Å²) in [5.74, 6) is -1.04. The number of aryl methyl sites for hydroxylation is 2. The summed E-state index contributed by atoms with van der Waals surface area (Å²) in [5.41, 5.74) is 2.06. The van der Waals surface area contributed by atoms with Gasteiger partial charge >= 0.3 is 11.6 Å². The van der Waals surface area contributed by atoms with Gasteiger partial charge in [0.2, 0.25) is 5.91 Å². The van der Waals surface area contributed by atoms with E-state index in [2.05, 4.69) is 5.32 Å². The van der Waals surface area contributed by atoms with Crippen molar-refractivity contribution in [3.63, 3.8) is 0 Å². The number of nitrogens with one attached hydrogen (secondary N) is 1. The zero-order chi connectivity index (χ0) is 24.6. The van der Waals surface area contributed by atoms with Crippen LogP contribution in [0, 0.1) is 6.92 Å². The Bertz CT molecular complexity index is 1330. The summed E-state index contributed by atoms with van der Waals surface area (Å²) in [4.78, 5) is 37.1. The van der Waals surface area contributed by atoms with Gasteiger partial charge in [-0.3, -0.25) is 4.79 Å². The number of aliphatic carboxylic acids is 1. The molecule has 34 heavy (non-hydrogen) atoms. The summed E-state index contributed by atoms with van der Waals surface area (Å²) in [6.07, 6.45) is 1.50. The van der Waals surface area contributed by atoms with Crippen LogP contribution < -0.4 is 15.7 Å². The van der Waals surface area contributed by atoms with Gasteiger partial charge in [0.15, 0.2) is 0 Å². The number of benzene rings is 2. The Balaban J connectivity index is 1.57. The topological polar surface area (TPSA) is 106 Å². The third-order valence-corrected chi connectivity index (χ3v) is 6.43. The molecule has 2 heterocycles. The fourth-order valence-corrected chi connectivity index (χ4v) is 4.33. The molecule has 0 bridgehead atoms. The number of carbonyl (C=O) groups excluding carboxylic acids is 1. The minimum atomic E-state index is -1.17. The predicted octanol–water partition coefficient (Wildman–Crippen LogP) is 4.21. The van der Waals surface area contributed by atoms with Crippen molar-refractivity contribution in [2.45, 2.75) is 58.1 Å². The van der Waals surface area contributed by atoms with Gasteiger partial charge < -0.3 is 19.6 Å². The first kappa shape index (κ1) is 23.8. The van der Waals surface area contributed by atoms with Crippen molar-refractivity contribution in [3.8, 4) is 5.75 Å². The van der Waals surface area contributed by atoms with E-state index in [0.717, 1.165) is 23.8 Å². The maximum absolute atomic E-state index is 12.7. The van der Waals surface area contributed by atoms with E-state index in [-0.39, 0.29) is 24.0 Å². The Hall–Kier alpha value is -3.32. The maximum atomic E-state index is 12.7. The minimum absolute atomic E-state index is 0.0893. The van der Waals surface area contributed by atoms with Crippen molar-refractivity contribution < 1.29 is 23.8 Å². The smallest absolute Gasteiger partial charge is 0.340 e. The average Bonchev–Trinajstić information content (AvgIpc) is 2.76. The summed E-state index contributed by atoms with van der Waals surface area (Å²) in [6, 6.07) is 9.26. The van der Waals surface area contributed by atoms with Crippen molar-refractivity contribution in [1.29, 1.82) is 0 Å². The van der Waals surface area contributed by atoms with E-state index in [9.17, 15) is 19.5 Å². The molecule has 0 spiro atoms. The second-order valence-corrected chi connectivity index (χ2v) is 9.71. The van der Waals surface area contributed by atoms with Crippen LogP contribution in [-0.2, 0) is 28.9 Å². The summed E-state index contributed by atoms with van der Waals surface area (Å²) >= 11 is 5.88. The molecule has 0 saturated carbocycles. The van der Waals surface area contributed by atoms with E-state index in [1.807, 2.05) is 19.9 Å². The van der Waals surface area contributed by atoms with Crippen LogP contribution in [0.4, 0.5) is 0 Å². The number of carbonyl (C=O) groups is 2. The first-order chi connectivity index (χ1) is 16.0. The van der Waals surface area contributed by atoms with Gasteiger partial charge in [0.25, 0.3) is 0 Å². The lowest BCUT2D eigenvalue weighted by molar-refractivity contribution is -0.141. The zero-order valence-electron chi connectivity index (χ0n) is 19.2. The maximum Gasteiger partial charge on any atom is 0.340 e. The molecule has 3 aromatic rings. The molecule has 178 valence electrons. The molecule has 0 fully saturated rings. The molecule has 1 aliphatic rings. The summed E-state index contributed by atoms with van der Waals surface area (Å²) in [6.45, 7) is 5.80. The van der Waals surface area contributed by atoms with Crippen LogP contribution in [0.3, 0.4) is 0 Å². The standard InChI is InChI=1S/C26H26ClNO6/c1-14-18-11-16-8-9-26(2,3)34-21(16)13-22(18)33-25(32)19(14)12-23(29)28-20(24(30)31)10-15-4-6-17(27)7-5-15/h4-7,11,13,20H,8-10,12H2,1-3H3,(H,28,29)(H,30,31). The average molecular weight is 484 g/mol. The molecule has 2 N–H and O–H groups in total. The van der Waals surface area contributed by atoms with Gasteiger partial charge in [0, 0.05) is 22.9 Å². The quantitative estimate of drug-likeness (QED) is 0.509. The molecule has 1 aromatic heterocycles. The van der Waals surface area contributed by atoms with Crippen molar-refractivity contribution in [2.24, 2.45) is 0 Å². The highest BCUT2D eigenvalue weighted by Gasteiger charge is 2.28. The molecule has 0 aliphatic carbocycles. The Morgan fingerprint density at radius 2 is 1.91 bits per heavy atom. The van der Waals surface area contributed by atoms with Crippen LogP contribution in [0.5, 0.6) is 5.75 Å². The van der Waals surface area contributed by atoms with E-state index in [0.29, 0.717) is 27.5 Å². The number of amides is 1. The Morgan fingerprint density at radius 1 is 1.21 bits per heavy atom. The number of hydrogen-bond acceptors (Lipinski definition) is 5. The summed E-state index contributed by atoms with van der Waals surface area (Å²) in [5, 5.41) is 13.4. The molecule has 0 saturated heterocycles. The number of rotatable bonds is 6. The molecule has 7 nitrogen and oxygen atoms in total. The van der Waals surface area contributed by atoms with Gasteiger partial charge in [0.05, 0.1) is 12.0 Å². The number of fused-ring (bicyclic) bond motifs is 2. The van der Waals surface area contributed by atoms with Crippen LogP contribution in [-0.4, -0.2) is 28.6 Å². The molecule has 2 aromatic carbocycles. The van der Waals surface area contributed by atoms with Gasteiger partial charge in [-0.25, -0.2) is 9.59 Å². The molecule has 8 heteroatoms. The molecule has 4 rings (SSSR count). The van der Waals surface area contributed by atoms with Gasteiger partial charge in [0.1, 0.15) is 23.0 Å². The molecule has 1 unspecified atom stereocenters. The van der Waals surface area contributed by atoms with E-state index in [1.54, 1.807) is 37.3 Å². The molecule has 1 aliphatic heterocycles. The molecule has 0 radical (unpaired) electrons. The van der Waals surface area contributed by atoms with Crippen LogP contribution in [0.1, 0.15) is 42.5 Å². The van der Waals surface area contributed by atoms with Gasteiger partial charge in [-0.15, -0.1) is 0 Å². The monoisotopic (exact) mass is 483 g/mol. The van der Waals surface area contributed by atoms with Crippen molar-refractivity contribution >= 4 is 34.4 Å². The second-order valence-electron chi connectivity index (χ2n) is 9.28. The number of carboxylic acids is 1. The molecule has 1 atom stereocenters. The number of carboxylic acid groups (broad SMARTS) is 1. The Morgan fingerprint density at radius 3 is 2.59 bits per heavy atom. The fourth-order valence-electron chi connectivity index (χ4n) is 4.20. The lowest BCUT2D eigenvalue weighted by Gasteiger charge is -2.32. The van der Waals surface area contributed by atoms with Crippen molar-refractivity contribution in [2.75, 3.05) is 0 Å².